The van der Waals surface area contributed by atoms with E-state index in [-0.39, 0.29) is 17.8 Å². The van der Waals surface area contributed by atoms with Crippen molar-refractivity contribution >= 4 is 5.78 Å². The third-order valence-electron chi connectivity index (χ3n) is 2.85. The molecule has 1 heterocycles. The van der Waals surface area contributed by atoms with Crippen molar-refractivity contribution in [2.75, 3.05) is 14.2 Å². The standard InChI is InChI=1S/C15H14FNO3/c1-19-11-4-5-12(13(16)8-11)14(18)7-10-3-6-15(20-2)17-9-10/h3-6,8-9H,7H2,1-2H3. The van der Waals surface area contributed by atoms with Crippen LogP contribution in [-0.4, -0.2) is 25.0 Å². The van der Waals surface area contributed by atoms with Gasteiger partial charge in [0.25, 0.3) is 0 Å². The average molecular weight is 275 g/mol. The van der Waals surface area contributed by atoms with Crippen LogP contribution in [0.15, 0.2) is 36.5 Å². The molecule has 1 aromatic carbocycles. The van der Waals surface area contributed by atoms with Gasteiger partial charge in [-0.25, -0.2) is 9.37 Å². The fourth-order valence-electron chi connectivity index (χ4n) is 1.77. The molecule has 1 aromatic heterocycles. The van der Waals surface area contributed by atoms with Gasteiger partial charge in [0.15, 0.2) is 5.78 Å². The molecule has 20 heavy (non-hydrogen) atoms. The Hall–Kier alpha value is -2.43. The van der Waals surface area contributed by atoms with Gasteiger partial charge in [-0.2, -0.15) is 0 Å². The first-order chi connectivity index (χ1) is 9.63. The van der Waals surface area contributed by atoms with Crippen LogP contribution in [0.2, 0.25) is 0 Å². The van der Waals surface area contributed by atoms with Crippen LogP contribution < -0.4 is 9.47 Å². The normalized spacial score (nSPS) is 10.2. The molecule has 0 amide bonds. The number of Topliss-reactive ketones (excluding diaryl/α,β-unsaturated/α-hetero) is 1. The molecule has 0 N–H and O–H groups in total. The van der Waals surface area contributed by atoms with Gasteiger partial charge in [0, 0.05) is 24.8 Å². The lowest BCUT2D eigenvalue weighted by Crippen LogP contribution is -2.06. The Kier molecular flexibility index (Phi) is 4.30. The summed E-state index contributed by atoms with van der Waals surface area (Å²) in [7, 11) is 2.96. The van der Waals surface area contributed by atoms with Crippen LogP contribution in [0.1, 0.15) is 15.9 Å². The van der Waals surface area contributed by atoms with Crippen molar-refractivity contribution in [2.24, 2.45) is 0 Å². The zero-order valence-corrected chi connectivity index (χ0v) is 11.2. The van der Waals surface area contributed by atoms with Crippen molar-refractivity contribution in [1.82, 2.24) is 4.98 Å². The summed E-state index contributed by atoms with van der Waals surface area (Å²) in [4.78, 5) is 16.1. The van der Waals surface area contributed by atoms with Crippen LogP contribution in [0.4, 0.5) is 4.39 Å². The number of halogens is 1. The molecule has 0 aliphatic heterocycles. The van der Waals surface area contributed by atoms with Crippen molar-refractivity contribution in [3.8, 4) is 11.6 Å². The molecule has 0 fully saturated rings. The molecule has 0 radical (unpaired) electrons. The van der Waals surface area contributed by atoms with Gasteiger partial charge in [0.05, 0.1) is 19.8 Å². The van der Waals surface area contributed by atoms with Crippen molar-refractivity contribution < 1.29 is 18.7 Å². The number of aromatic nitrogens is 1. The number of carbonyl (C=O) groups is 1. The van der Waals surface area contributed by atoms with E-state index >= 15 is 0 Å². The van der Waals surface area contributed by atoms with Gasteiger partial charge < -0.3 is 9.47 Å². The zero-order chi connectivity index (χ0) is 14.5. The molecule has 0 atom stereocenters. The second kappa shape index (κ2) is 6.14. The first-order valence-corrected chi connectivity index (χ1v) is 5.99. The number of pyridine rings is 1. The molecule has 104 valence electrons. The first kappa shape index (κ1) is 14.0. The second-order valence-electron chi connectivity index (χ2n) is 4.15. The lowest BCUT2D eigenvalue weighted by Gasteiger charge is -2.05. The Bertz CT molecular complexity index is 611. The quantitative estimate of drug-likeness (QED) is 0.787. The van der Waals surface area contributed by atoms with Crippen molar-refractivity contribution in [3.63, 3.8) is 0 Å². The fourth-order valence-corrected chi connectivity index (χ4v) is 1.77. The summed E-state index contributed by atoms with van der Waals surface area (Å²) in [5.74, 6) is -0.0464. The minimum Gasteiger partial charge on any atom is -0.497 e. The first-order valence-electron chi connectivity index (χ1n) is 5.99. The zero-order valence-electron chi connectivity index (χ0n) is 11.2. The highest BCUT2D eigenvalue weighted by molar-refractivity contribution is 5.97. The Morgan fingerprint density at radius 2 is 2.00 bits per heavy atom. The van der Waals surface area contributed by atoms with E-state index in [2.05, 4.69) is 4.98 Å². The third-order valence-corrected chi connectivity index (χ3v) is 2.85. The molecular weight excluding hydrogens is 261 g/mol. The Labute approximate surface area is 116 Å². The van der Waals surface area contributed by atoms with Crippen molar-refractivity contribution in [1.29, 1.82) is 0 Å². The van der Waals surface area contributed by atoms with Crippen LogP contribution in [0, 0.1) is 5.82 Å². The Morgan fingerprint density at radius 1 is 1.20 bits per heavy atom. The van der Waals surface area contributed by atoms with Crippen LogP contribution in [0.3, 0.4) is 0 Å². The summed E-state index contributed by atoms with van der Waals surface area (Å²) < 4.78 is 23.6. The topological polar surface area (TPSA) is 48.4 Å². The van der Waals surface area contributed by atoms with E-state index in [1.54, 1.807) is 18.2 Å². The predicted molar refractivity (Wildman–Crippen MR) is 71.8 cm³/mol. The van der Waals surface area contributed by atoms with Gasteiger partial charge in [-0.05, 0) is 17.7 Å². The second-order valence-corrected chi connectivity index (χ2v) is 4.15. The summed E-state index contributed by atoms with van der Waals surface area (Å²) in [6, 6.07) is 7.56. The molecule has 0 saturated heterocycles. The SMILES string of the molecule is COc1ccc(C(=O)Cc2ccc(OC)nc2)c(F)c1. The van der Waals surface area contributed by atoms with Crippen LogP contribution in [0.5, 0.6) is 11.6 Å². The summed E-state index contributed by atoms with van der Waals surface area (Å²) in [5.41, 5.74) is 0.743. The molecular formula is C15H14FNO3. The molecule has 0 saturated carbocycles. The molecule has 0 aliphatic carbocycles. The lowest BCUT2D eigenvalue weighted by molar-refractivity contribution is 0.0989. The minimum absolute atomic E-state index is 0.0432. The van der Waals surface area contributed by atoms with E-state index in [1.165, 1.54) is 32.5 Å². The van der Waals surface area contributed by atoms with E-state index < -0.39 is 5.82 Å². The fraction of sp³-hybridized carbons (Fsp3) is 0.200. The number of benzene rings is 1. The van der Waals surface area contributed by atoms with Gasteiger partial charge in [0.1, 0.15) is 11.6 Å². The highest BCUT2D eigenvalue weighted by Gasteiger charge is 2.13. The van der Waals surface area contributed by atoms with Gasteiger partial charge in [-0.1, -0.05) is 6.07 Å². The van der Waals surface area contributed by atoms with Gasteiger partial charge >= 0.3 is 0 Å². The number of hydrogen-bond donors (Lipinski definition) is 0. The number of ether oxygens (including phenoxy) is 2. The van der Waals surface area contributed by atoms with E-state index in [0.717, 1.165) is 0 Å². The number of hydrogen-bond acceptors (Lipinski definition) is 4. The molecule has 2 rings (SSSR count). The molecule has 0 bridgehead atoms. The smallest absolute Gasteiger partial charge is 0.212 e. The number of nitrogens with zero attached hydrogens (tertiary/aromatic N) is 1. The van der Waals surface area contributed by atoms with Crippen LogP contribution in [-0.2, 0) is 6.42 Å². The number of carbonyl (C=O) groups excluding carboxylic acids is 1. The average Bonchev–Trinajstić information content (AvgIpc) is 2.47. The van der Waals surface area contributed by atoms with Crippen molar-refractivity contribution in [2.45, 2.75) is 6.42 Å². The van der Waals surface area contributed by atoms with Crippen LogP contribution >= 0.6 is 0 Å². The largest absolute Gasteiger partial charge is 0.497 e. The third kappa shape index (κ3) is 3.12. The molecule has 5 heteroatoms. The van der Waals surface area contributed by atoms with Gasteiger partial charge in [-0.15, -0.1) is 0 Å². The maximum absolute atomic E-state index is 13.8. The molecule has 0 aliphatic rings. The lowest BCUT2D eigenvalue weighted by atomic mass is 10.0. The van der Waals surface area contributed by atoms with E-state index in [4.69, 9.17) is 9.47 Å². The van der Waals surface area contributed by atoms with Gasteiger partial charge in [0.2, 0.25) is 5.88 Å². The van der Waals surface area contributed by atoms with E-state index in [9.17, 15) is 9.18 Å². The van der Waals surface area contributed by atoms with Crippen LogP contribution in [0.25, 0.3) is 0 Å². The minimum atomic E-state index is -0.587. The maximum Gasteiger partial charge on any atom is 0.212 e. The van der Waals surface area contributed by atoms with Gasteiger partial charge in [-0.3, -0.25) is 4.79 Å². The number of methoxy groups -OCH3 is 2. The summed E-state index contributed by atoms with van der Waals surface area (Å²) in [6.07, 6.45) is 1.62. The number of rotatable bonds is 5. The summed E-state index contributed by atoms with van der Waals surface area (Å²) >= 11 is 0. The highest BCUT2D eigenvalue weighted by Crippen LogP contribution is 2.18. The van der Waals surface area contributed by atoms with Crippen molar-refractivity contribution in [3.05, 3.63) is 53.5 Å². The molecule has 2 aromatic rings. The molecule has 0 unspecified atom stereocenters. The number of ketones is 1. The highest BCUT2D eigenvalue weighted by atomic mass is 19.1. The maximum atomic E-state index is 13.8. The Morgan fingerprint density at radius 3 is 2.55 bits per heavy atom. The van der Waals surface area contributed by atoms with E-state index in [1.807, 2.05) is 0 Å². The molecule has 4 nitrogen and oxygen atoms in total. The summed E-state index contributed by atoms with van der Waals surface area (Å²) in [6.45, 7) is 0. The predicted octanol–water partition coefficient (Wildman–Crippen LogP) is 2.66. The monoisotopic (exact) mass is 275 g/mol. The Balaban J connectivity index is 2.14. The molecule has 0 spiro atoms. The van der Waals surface area contributed by atoms with E-state index in [0.29, 0.717) is 17.2 Å². The summed E-state index contributed by atoms with van der Waals surface area (Å²) in [5, 5.41) is 0.